The van der Waals surface area contributed by atoms with Crippen molar-refractivity contribution in [1.29, 1.82) is 0 Å². The van der Waals surface area contributed by atoms with Crippen molar-refractivity contribution >= 4 is 5.69 Å². The maximum atomic E-state index is 10.9. The van der Waals surface area contributed by atoms with Crippen LogP contribution in [-0.4, -0.2) is 36.1 Å². The van der Waals surface area contributed by atoms with Crippen molar-refractivity contribution in [3.8, 4) is 0 Å². The molecule has 0 radical (unpaired) electrons. The Bertz CT molecular complexity index is 655. The smallest absolute Gasteiger partial charge is 0.269 e. The molecule has 0 unspecified atom stereocenters. The van der Waals surface area contributed by atoms with E-state index in [9.17, 15) is 10.1 Å². The Morgan fingerprint density at radius 2 is 1.57 bits per heavy atom. The van der Waals surface area contributed by atoms with Crippen LogP contribution in [0.3, 0.4) is 0 Å². The molecular formula is C17H22N4O2+2. The highest BCUT2D eigenvalue weighted by molar-refractivity contribution is 5.33. The predicted molar refractivity (Wildman–Crippen MR) is 86.1 cm³/mol. The maximum absolute atomic E-state index is 10.9. The molecule has 6 heteroatoms. The molecule has 3 rings (SSSR count). The van der Waals surface area contributed by atoms with Crippen molar-refractivity contribution in [2.75, 3.05) is 26.2 Å². The number of quaternary nitrogens is 2. The number of nitrogens with one attached hydrogen (secondary N) is 2. The Hall–Kier alpha value is -2.31. The fourth-order valence-corrected chi connectivity index (χ4v) is 3.17. The monoisotopic (exact) mass is 314 g/mol. The summed E-state index contributed by atoms with van der Waals surface area (Å²) >= 11 is 0. The van der Waals surface area contributed by atoms with Crippen LogP contribution < -0.4 is 9.80 Å². The minimum absolute atomic E-state index is 0.184. The molecule has 2 aromatic rings. The molecule has 1 saturated heterocycles. The number of piperazine rings is 1. The molecule has 0 bridgehead atoms. The number of nitrogens with zero attached hydrogens (tertiary/aromatic N) is 2. The van der Waals surface area contributed by atoms with E-state index >= 15 is 0 Å². The first-order valence-electron chi connectivity index (χ1n) is 8.00. The largest absolute Gasteiger partial charge is 0.322 e. The molecule has 0 aliphatic carbocycles. The molecule has 1 fully saturated rings. The van der Waals surface area contributed by atoms with Crippen LogP contribution in [0.1, 0.15) is 11.1 Å². The number of nitro groups is 1. The lowest BCUT2D eigenvalue weighted by Gasteiger charge is -2.29. The number of non-ortho nitro benzene ring substituents is 1. The van der Waals surface area contributed by atoms with Crippen molar-refractivity contribution in [1.82, 2.24) is 4.98 Å². The van der Waals surface area contributed by atoms with Crippen LogP contribution in [0.4, 0.5) is 5.69 Å². The molecule has 2 heterocycles. The van der Waals surface area contributed by atoms with E-state index in [4.69, 9.17) is 0 Å². The van der Waals surface area contributed by atoms with Crippen LogP contribution in [0.5, 0.6) is 0 Å². The van der Waals surface area contributed by atoms with Crippen molar-refractivity contribution in [3.05, 3.63) is 70.0 Å². The van der Waals surface area contributed by atoms with E-state index in [-0.39, 0.29) is 10.6 Å². The van der Waals surface area contributed by atoms with Gasteiger partial charge in [0.2, 0.25) is 0 Å². The Balaban J connectivity index is 1.51. The fourth-order valence-electron chi connectivity index (χ4n) is 3.17. The number of benzene rings is 1. The lowest BCUT2D eigenvalue weighted by molar-refractivity contribution is -1.02. The molecule has 23 heavy (non-hydrogen) atoms. The zero-order valence-electron chi connectivity index (χ0n) is 13.1. The maximum Gasteiger partial charge on any atom is 0.269 e. The van der Waals surface area contributed by atoms with Gasteiger partial charge >= 0.3 is 0 Å². The summed E-state index contributed by atoms with van der Waals surface area (Å²) in [4.78, 5) is 17.7. The number of rotatable bonds is 5. The van der Waals surface area contributed by atoms with Gasteiger partial charge < -0.3 is 9.80 Å². The lowest BCUT2D eigenvalue weighted by atomic mass is 10.1. The normalized spacial score (nSPS) is 21.0. The first-order valence-corrected chi connectivity index (χ1v) is 8.00. The first kappa shape index (κ1) is 15.6. The highest BCUT2D eigenvalue weighted by Gasteiger charge is 2.23. The minimum Gasteiger partial charge on any atom is -0.322 e. The van der Waals surface area contributed by atoms with Gasteiger partial charge in [-0.05, 0) is 12.1 Å². The molecule has 1 aromatic heterocycles. The van der Waals surface area contributed by atoms with Crippen LogP contribution in [0, 0.1) is 10.1 Å². The first-order chi connectivity index (χ1) is 11.2. The van der Waals surface area contributed by atoms with Gasteiger partial charge in [0.05, 0.1) is 4.92 Å². The van der Waals surface area contributed by atoms with Crippen molar-refractivity contribution in [2.45, 2.75) is 13.1 Å². The van der Waals surface area contributed by atoms with Gasteiger partial charge in [-0.15, -0.1) is 0 Å². The predicted octanol–water partition coefficient (Wildman–Crippen LogP) is -0.527. The molecule has 2 N–H and O–H groups in total. The van der Waals surface area contributed by atoms with E-state index < -0.39 is 0 Å². The number of hydrogen-bond donors (Lipinski definition) is 2. The quantitative estimate of drug-likeness (QED) is 0.576. The molecule has 0 atom stereocenters. The molecule has 1 aliphatic heterocycles. The number of aromatic nitrogens is 1. The lowest BCUT2D eigenvalue weighted by Crippen LogP contribution is -3.27. The van der Waals surface area contributed by atoms with E-state index in [2.05, 4.69) is 17.1 Å². The second-order valence-corrected chi connectivity index (χ2v) is 6.14. The average molecular weight is 314 g/mol. The van der Waals surface area contributed by atoms with Crippen LogP contribution in [0.25, 0.3) is 0 Å². The van der Waals surface area contributed by atoms with Gasteiger partial charge in [-0.25, -0.2) is 0 Å². The summed E-state index contributed by atoms with van der Waals surface area (Å²) in [5.41, 5.74) is 2.56. The third-order valence-electron chi connectivity index (χ3n) is 4.44. The average Bonchev–Trinajstić information content (AvgIpc) is 2.58. The fraction of sp³-hybridized carbons (Fsp3) is 0.353. The molecule has 120 valence electrons. The van der Waals surface area contributed by atoms with Gasteiger partial charge in [0.15, 0.2) is 0 Å². The van der Waals surface area contributed by atoms with E-state index in [1.807, 2.05) is 18.5 Å². The zero-order chi connectivity index (χ0) is 16.1. The van der Waals surface area contributed by atoms with Crippen LogP contribution in [0.15, 0.2) is 48.8 Å². The summed E-state index contributed by atoms with van der Waals surface area (Å²) in [6, 6.07) is 11.2. The second-order valence-electron chi connectivity index (χ2n) is 6.14. The second kappa shape index (κ2) is 7.30. The molecular weight excluding hydrogens is 292 g/mol. The van der Waals surface area contributed by atoms with E-state index in [1.165, 1.54) is 10.5 Å². The van der Waals surface area contributed by atoms with Gasteiger partial charge in [0.1, 0.15) is 39.3 Å². The Morgan fingerprint density at radius 3 is 2.17 bits per heavy atom. The number of hydrogen-bond acceptors (Lipinski definition) is 3. The van der Waals surface area contributed by atoms with Gasteiger partial charge in [-0.3, -0.25) is 15.1 Å². The van der Waals surface area contributed by atoms with Crippen LogP contribution in [0.2, 0.25) is 0 Å². The summed E-state index contributed by atoms with van der Waals surface area (Å²) in [6.07, 6.45) is 3.69. The van der Waals surface area contributed by atoms with E-state index in [0.29, 0.717) is 0 Å². The third kappa shape index (κ3) is 4.34. The molecule has 1 aromatic carbocycles. The van der Waals surface area contributed by atoms with Gasteiger partial charge in [0.25, 0.3) is 5.69 Å². The Morgan fingerprint density at radius 1 is 0.957 bits per heavy atom. The van der Waals surface area contributed by atoms with Crippen LogP contribution in [-0.2, 0) is 13.1 Å². The highest BCUT2D eigenvalue weighted by atomic mass is 16.6. The Labute approximate surface area is 135 Å². The topological polar surface area (TPSA) is 64.9 Å². The van der Waals surface area contributed by atoms with Crippen molar-refractivity contribution in [3.63, 3.8) is 0 Å². The van der Waals surface area contributed by atoms with Gasteiger partial charge in [-0.1, -0.05) is 12.1 Å². The van der Waals surface area contributed by atoms with Gasteiger partial charge in [-0.2, -0.15) is 0 Å². The number of pyridine rings is 1. The summed E-state index contributed by atoms with van der Waals surface area (Å²) < 4.78 is 0. The summed E-state index contributed by atoms with van der Waals surface area (Å²) in [7, 11) is 0. The van der Waals surface area contributed by atoms with Crippen molar-refractivity contribution in [2.24, 2.45) is 0 Å². The van der Waals surface area contributed by atoms with E-state index in [0.717, 1.165) is 44.8 Å². The summed E-state index contributed by atoms with van der Waals surface area (Å²) in [5, 5.41) is 10.9. The third-order valence-corrected chi connectivity index (χ3v) is 4.44. The molecule has 0 saturated carbocycles. The summed E-state index contributed by atoms with van der Waals surface area (Å²) in [6.45, 7) is 6.38. The Kier molecular flexibility index (Phi) is 4.95. The summed E-state index contributed by atoms with van der Waals surface area (Å²) in [5.74, 6) is 0. The minimum atomic E-state index is -0.324. The molecule has 0 spiro atoms. The van der Waals surface area contributed by atoms with E-state index in [1.54, 1.807) is 23.1 Å². The number of nitro benzene ring substituents is 1. The standard InChI is InChI=1S/C17H20N4O2/c22-21(23)17-3-1-2-16(12-17)14-20-10-8-19(9-11-20)13-15-4-6-18-7-5-15/h1-7,12H,8-11,13-14H2/p+2. The molecule has 1 aliphatic rings. The van der Waals surface area contributed by atoms with Crippen molar-refractivity contribution < 1.29 is 14.7 Å². The van der Waals surface area contributed by atoms with Crippen LogP contribution >= 0.6 is 0 Å². The highest BCUT2D eigenvalue weighted by Crippen LogP contribution is 2.12. The molecule has 6 nitrogen and oxygen atoms in total. The molecule has 0 amide bonds. The SMILES string of the molecule is O=[N+]([O-])c1cccc(C[NH+]2CC[NH+](Cc3ccncc3)CC2)c1. The zero-order valence-corrected chi connectivity index (χ0v) is 13.1. The van der Waals surface area contributed by atoms with Gasteiger partial charge in [0, 0.05) is 35.7 Å².